The molecule has 1 aromatic heterocycles. The number of likely N-dealkylation sites (N-methyl/N-ethyl adjacent to an activating group) is 1. The number of rotatable bonds is 6. The van der Waals surface area contributed by atoms with Gasteiger partial charge in [0.25, 0.3) is 0 Å². The van der Waals surface area contributed by atoms with E-state index in [9.17, 15) is 4.39 Å². The summed E-state index contributed by atoms with van der Waals surface area (Å²) in [7, 11) is 4.02. The van der Waals surface area contributed by atoms with Crippen molar-refractivity contribution in [1.82, 2.24) is 15.1 Å². The lowest BCUT2D eigenvalue weighted by molar-refractivity contribution is 0.262. The monoisotopic (exact) mass is 325 g/mol. The van der Waals surface area contributed by atoms with E-state index in [0.29, 0.717) is 12.3 Å². The van der Waals surface area contributed by atoms with Crippen molar-refractivity contribution in [2.75, 3.05) is 27.2 Å². The van der Waals surface area contributed by atoms with Crippen molar-refractivity contribution in [3.63, 3.8) is 0 Å². The highest BCUT2D eigenvalue weighted by molar-refractivity contribution is 5.72. The fourth-order valence-electron chi connectivity index (χ4n) is 2.41. The molecular weight excluding hydrogens is 305 g/mol. The quantitative estimate of drug-likeness (QED) is 0.749. The third-order valence-corrected chi connectivity index (χ3v) is 3.67. The molecule has 0 radical (unpaired) electrons. The van der Waals surface area contributed by atoms with Crippen LogP contribution in [-0.2, 0) is 0 Å². The molecule has 5 heteroatoms. The Labute approximate surface area is 140 Å². The average Bonchev–Trinajstić information content (AvgIpc) is 3.05. The standard InChI is InChI=1S/C19H20FN3O/c1-23(2)10-11-24-19-9-4-3-8-16(19)18-13-17(21-22-18)14-6-5-7-15(20)12-14/h3-9,12-13H,10-11H2,1-2H3,(H,21,22). The van der Waals surface area contributed by atoms with Crippen molar-refractivity contribution in [3.8, 4) is 28.3 Å². The van der Waals surface area contributed by atoms with Crippen LogP contribution in [0, 0.1) is 5.82 Å². The number of nitrogens with one attached hydrogen (secondary N) is 1. The molecule has 0 spiro atoms. The summed E-state index contributed by atoms with van der Waals surface area (Å²) in [5, 5.41) is 7.31. The van der Waals surface area contributed by atoms with Gasteiger partial charge in [0.2, 0.25) is 0 Å². The Bertz CT molecular complexity index is 814. The molecule has 1 N–H and O–H groups in total. The van der Waals surface area contributed by atoms with E-state index < -0.39 is 0 Å². The zero-order valence-corrected chi connectivity index (χ0v) is 13.8. The molecule has 0 amide bonds. The number of para-hydroxylation sites is 1. The van der Waals surface area contributed by atoms with E-state index in [1.807, 2.05) is 50.5 Å². The number of aromatic nitrogens is 2. The molecule has 3 aromatic rings. The summed E-state index contributed by atoms with van der Waals surface area (Å²) < 4.78 is 19.3. The van der Waals surface area contributed by atoms with Crippen LogP contribution in [0.5, 0.6) is 5.75 Å². The van der Waals surface area contributed by atoms with E-state index in [2.05, 4.69) is 15.1 Å². The number of hydrogen-bond acceptors (Lipinski definition) is 3. The smallest absolute Gasteiger partial charge is 0.128 e. The van der Waals surface area contributed by atoms with Crippen LogP contribution < -0.4 is 4.74 Å². The van der Waals surface area contributed by atoms with Gasteiger partial charge in [-0.3, -0.25) is 5.10 Å². The zero-order valence-electron chi connectivity index (χ0n) is 13.8. The van der Waals surface area contributed by atoms with Crippen LogP contribution in [0.4, 0.5) is 4.39 Å². The first kappa shape index (κ1) is 16.2. The van der Waals surface area contributed by atoms with Gasteiger partial charge in [0.1, 0.15) is 18.2 Å². The second kappa shape index (κ2) is 7.27. The SMILES string of the molecule is CN(C)CCOc1ccccc1-c1cc(-c2cccc(F)c2)n[nH]1. The predicted octanol–water partition coefficient (Wildman–Crippen LogP) is 3.82. The summed E-state index contributed by atoms with van der Waals surface area (Å²) in [6.45, 7) is 1.45. The van der Waals surface area contributed by atoms with Gasteiger partial charge in [0.15, 0.2) is 0 Å². The molecule has 1 heterocycles. The minimum atomic E-state index is -0.274. The summed E-state index contributed by atoms with van der Waals surface area (Å²) in [4.78, 5) is 2.07. The van der Waals surface area contributed by atoms with E-state index in [0.717, 1.165) is 29.1 Å². The number of hydrogen-bond donors (Lipinski definition) is 1. The number of aromatic amines is 1. The fourth-order valence-corrected chi connectivity index (χ4v) is 2.41. The Morgan fingerprint density at radius 2 is 1.92 bits per heavy atom. The molecule has 0 fully saturated rings. The molecule has 0 atom stereocenters. The minimum Gasteiger partial charge on any atom is -0.492 e. The van der Waals surface area contributed by atoms with Crippen molar-refractivity contribution in [1.29, 1.82) is 0 Å². The number of halogens is 1. The molecule has 3 rings (SSSR count). The van der Waals surface area contributed by atoms with E-state index in [4.69, 9.17) is 4.74 Å². The summed E-state index contributed by atoms with van der Waals surface area (Å²) >= 11 is 0. The normalized spacial score (nSPS) is 11.0. The van der Waals surface area contributed by atoms with Crippen molar-refractivity contribution < 1.29 is 9.13 Å². The lowest BCUT2D eigenvalue weighted by Crippen LogP contribution is -2.19. The second-order valence-corrected chi connectivity index (χ2v) is 5.83. The Morgan fingerprint density at radius 1 is 1.08 bits per heavy atom. The van der Waals surface area contributed by atoms with Crippen LogP contribution in [0.15, 0.2) is 54.6 Å². The predicted molar refractivity (Wildman–Crippen MR) is 93.5 cm³/mol. The van der Waals surface area contributed by atoms with Gasteiger partial charge in [0, 0.05) is 17.7 Å². The molecular formula is C19H20FN3O. The minimum absolute atomic E-state index is 0.274. The Hall–Kier alpha value is -2.66. The fraction of sp³-hybridized carbons (Fsp3) is 0.211. The van der Waals surface area contributed by atoms with Crippen LogP contribution >= 0.6 is 0 Å². The molecule has 0 saturated carbocycles. The third-order valence-electron chi connectivity index (χ3n) is 3.67. The van der Waals surface area contributed by atoms with E-state index in [-0.39, 0.29) is 5.82 Å². The van der Waals surface area contributed by atoms with Gasteiger partial charge in [-0.25, -0.2) is 4.39 Å². The maximum atomic E-state index is 13.4. The number of benzene rings is 2. The van der Waals surface area contributed by atoms with Crippen LogP contribution in [0.3, 0.4) is 0 Å². The van der Waals surface area contributed by atoms with E-state index >= 15 is 0 Å². The van der Waals surface area contributed by atoms with Crippen molar-refractivity contribution in [2.24, 2.45) is 0 Å². The summed E-state index contributed by atoms with van der Waals surface area (Å²) in [6.07, 6.45) is 0. The molecule has 0 bridgehead atoms. The average molecular weight is 325 g/mol. The van der Waals surface area contributed by atoms with Gasteiger partial charge in [0.05, 0.1) is 11.4 Å². The highest BCUT2D eigenvalue weighted by Crippen LogP contribution is 2.31. The first-order valence-corrected chi connectivity index (χ1v) is 7.82. The van der Waals surface area contributed by atoms with Gasteiger partial charge in [-0.05, 0) is 44.4 Å². The molecule has 0 aliphatic carbocycles. The van der Waals surface area contributed by atoms with Crippen molar-refractivity contribution >= 4 is 0 Å². The molecule has 4 nitrogen and oxygen atoms in total. The van der Waals surface area contributed by atoms with Crippen LogP contribution in [0.25, 0.3) is 22.5 Å². The van der Waals surface area contributed by atoms with Gasteiger partial charge in [-0.15, -0.1) is 0 Å². The molecule has 0 saturated heterocycles. The van der Waals surface area contributed by atoms with Crippen molar-refractivity contribution in [3.05, 3.63) is 60.4 Å². The molecule has 2 aromatic carbocycles. The molecule has 124 valence electrons. The van der Waals surface area contributed by atoms with E-state index in [1.165, 1.54) is 12.1 Å². The van der Waals surface area contributed by atoms with Crippen LogP contribution in [0.1, 0.15) is 0 Å². The van der Waals surface area contributed by atoms with Crippen LogP contribution in [0.2, 0.25) is 0 Å². The molecule has 0 unspecified atom stereocenters. The highest BCUT2D eigenvalue weighted by atomic mass is 19.1. The highest BCUT2D eigenvalue weighted by Gasteiger charge is 2.11. The zero-order chi connectivity index (χ0) is 16.9. The topological polar surface area (TPSA) is 41.1 Å². The summed E-state index contributed by atoms with van der Waals surface area (Å²) in [5.74, 6) is 0.526. The van der Waals surface area contributed by atoms with Crippen molar-refractivity contribution in [2.45, 2.75) is 0 Å². The Balaban J connectivity index is 1.85. The van der Waals surface area contributed by atoms with E-state index in [1.54, 1.807) is 6.07 Å². The number of H-pyrrole nitrogens is 1. The molecule has 0 aliphatic rings. The number of ether oxygens (including phenoxy) is 1. The second-order valence-electron chi connectivity index (χ2n) is 5.83. The lowest BCUT2D eigenvalue weighted by Gasteiger charge is -2.13. The van der Waals surface area contributed by atoms with Gasteiger partial charge in [-0.1, -0.05) is 24.3 Å². The van der Waals surface area contributed by atoms with Gasteiger partial charge in [-0.2, -0.15) is 5.10 Å². The molecule has 24 heavy (non-hydrogen) atoms. The number of nitrogens with zero attached hydrogens (tertiary/aromatic N) is 2. The lowest BCUT2D eigenvalue weighted by atomic mass is 10.1. The van der Waals surface area contributed by atoms with Gasteiger partial charge < -0.3 is 9.64 Å². The first-order chi connectivity index (χ1) is 11.6. The van der Waals surface area contributed by atoms with Gasteiger partial charge >= 0.3 is 0 Å². The maximum Gasteiger partial charge on any atom is 0.128 e. The molecule has 0 aliphatic heterocycles. The summed E-state index contributed by atoms with van der Waals surface area (Å²) in [5.41, 5.74) is 3.22. The summed E-state index contributed by atoms with van der Waals surface area (Å²) in [6, 6.07) is 16.1. The Morgan fingerprint density at radius 3 is 2.71 bits per heavy atom. The first-order valence-electron chi connectivity index (χ1n) is 7.82. The third kappa shape index (κ3) is 3.81. The van der Waals surface area contributed by atoms with Crippen LogP contribution in [-0.4, -0.2) is 42.3 Å². The maximum absolute atomic E-state index is 13.4. The Kier molecular flexibility index (Phi) is 4.91. The largest absolute Gasteiger partial charge is 0.492 e.